The van der Waals surface area contributed by atoms with Crippen LogP contribution in [0.1, 0.15) is 25.0 Å². The number of alkyl halides is 6. The maximum atomic E-state index is 13.6. The highest BCUT2D eigenvalue weighted by atomic mass is 19.4. The molecule has 2 nitrogen and oxygen atoms in total. The van der Waals surface area contributed by atoms with Gasteiger partial charge in [0.05, 0.1) is 6.61 Å². The van der Waals surface area contributed by atoms with Crippen LogP contribution in [-0.4, -0.2) is 19.0 Å². The highest BCUT2D eigenvalue weighted by molar-refractivity contribution is 5.48. The van der Waals surface area contributed by atoms with Gasteiger partial charge in [-0.1, -0.05) is 26.0 Å². The van der Waals surface area contributed by atoms with E-state index in [9.17, 15) is 26.3 Å². The number of nitrogens with two attached hydrogens (primary N) is 1. The highest BCUT2D eigenvalue weighted by Crippen LogP contribution is 2.54. The Labute approximate surface area is 136 Å². The molecule has 0 spiro atoms. The summed E-state index contributed by atoms with van der Waals surface area (Å²) < 4.78 is 85.9. The lowest BCUT2D eigenvalue weighted by Crippen LogP contribution is -2.56. The molecular weight excluding hydrogens is 336 g/mol. The first kappa shape index (κ1) is 20.3. The SMILES string of the molecule is C=CCOC(c1ccc(N)cc1CC(C)C)(C(F)(F)F)C(F)(F)F. The lowest BCUT2D eigenvalue weighted by atomic mass is 9.84. The van der Waals surface area contributed by atoms with Crippen molar-refractivity contribution in [2.24, 2.45) is 5.92 Å². The summed E-state index contributed by atoms with van der Waals surface area (Å²) in [6.07, 6.45) is -10.6. The standard InChI is InChI=1S/C16H19F6NO/c1-4-7-24-14(15(17,18)19,16(20,21)22)13-6-5-12(23)9-11(13)8-10(2)3/h4-6,9-10H,1,7-8,23H2,2-3H3. The third-order valence-corrected chi connectivity index (χ3v) is 3.35. The first-order chi connectivity index (χ1) is 10.9. The van der Waals surface area contributed by atoms with Crippen LogP contribution in [0.15, 0.2) is 30.9 Å². The fourth-order valence-electron chi connectivity index (χ4n) is 2.46. The molecule has 0 radical (unpaired) electrons. The van der Waals surface area contributed by atoms with E-state index in [1.165, 1.54) is 0 Å². The number of nitrogen functional groups attached to an aromatic ring is 1. The van der Waals surface area contributed by atoms with Gasteiger partial charge in [0.15, 0.2) is 0 Å². The second kappa shape index (κ2) is 7.04. The van der Waals surface area contributed by atoms with E-state index in [-0.39, 0.29) is 23.6 Å². The Morgan fingerprint density at radius 3 is 2.08 bits per heavy atom. The molecule has 0 fully saturated rings. The van der Waals surface area contributed by atoms with Gasteiger partial charge in [0.25, 0.3) is 5.60 Å². The second-order valence-electron chi connectivity index (χ2n) is 5.79. The van der Waals surface area contributed by atoms with Crippen LogP contribution in [0.3, 0.4) is 0 Å². The summed E-state index contributed by atoms with van der Waals surface area (Å²) in [4.78, 5) is 0. The molecule has 0 amide bonds. The molecular formula is C16H19F6NO. The van der Waals surface area contributed by atoms with Crippen LogP contribution in [0.25, 0.3) is 0 Å². The Balaban J connectivity index is 3.75. The zero-order valence-electron chi connectivity index (χ0n) is 13.3. The van der Waals surface area contributed by atoms with Gasteiger partial charge in [-0.2, -0.15) is 26.3 Å². The minimum Gasteiger partial charge on any atom is -0.399 e. The number of benzene rings is 1. The number of rotatable bonds is 6. The van der Waals surface area contributed by atoms with Gasteiger partial charge >= 0.3 is 12.4 Å². The van der Waals surface area contributed by atoms with Crippen molar-refractivity contribution in [1.82, 2.24) is 0 Å². The van der Waals surface area contributed by atoms with Crippen LogP contribution in [-0.2, 0) is 16.8 Å². The quantitative estimate of drug-likeness (QED) is 0.443. The van der Waals surface area contributed by atoms with Crippen molar-refractivity contribution in [1.29, 1.82) is 0 Å². The van der Waals surface area contributed by atoms with Gasteiger partial charge in [-0.3, -0.25) is 0 Å². The largest absolute Gasteiger partial charge is 0.430 e. The molecule has 2 N–H and O–H groups in total. The Bertz CT molecular complexity index is 563. The Hall–Kier alpha value is -1.70. The van der Waals surface area contributed by atoms with Crippen LogP contribution in [0.5, 0.6) is 0 Å². The first-order valence-electron chi connectivity index (χ1n) is 7.14. The van der Waals surface area contributed by atoms with Crippen molar-refractivity contribution in [3.63, 3.8) is 0 Å². The van der Waals surface area contributed by atoms with Gasteiger partial charge in [0.1, 0.15) is 0 Å². The third-order valence-electron chi connectivity index (χ3n) is 3.35. The number of halogens is 6. The second-order valence-corrected chi connectivity index (χ2v) is 5.79. The Morgan fingerprint density at radius 2 is 1.67 bits per heavy atom. The molecule has 0 aromatic heterocycles. The fourth-order valence-corrected chi connectivity index (χ4v) is 2.46. The molecule has 1 rings (SSSR count). The van der Waals surface area contributed by atoms with Crippen molar-refractivity contribution >= 4 is 5.69 Å². The van der Waals surface area contributed by atoms with E-state index < -0.39 is 30.1 Å². The molecule has 0 bridgehead atoms. The molecule has 0 heterocycles. The zero-order valence-corrected chi connectivity index (χ0v) is 13.3. The van der Waals surface area contributed by atoms with Crippen molar-refractivity contribution in [2.45, 2.75) is 38.2 Å². The highest BCUT2D eigenvalue weighted by Gasteiger charge is 2.73. The minimum atomic E-state index is -5.71. The van der Waals surface area contributed by atoms with Crippen molar-refractivity contribution in [2.75, 3.05) is 12.3 Å². The molecule has 0 unspecified atom stereocenters. The van der Waals surface area contributed by atoms with E-state index in [0.717, 1.165) is 24.3 Å². The van der Waals surface area contributed by atoms with Crippen LogP contribution >= 0.6 is 0 Å². The maximum absolute atomic E-state index is 13.6. The minimum absolute atomic E-state index is 0.00820. The molecule has 0 aliphatic heterocycles. The van der Waals surface area contributed by atoms with Crippen LogP contribution in [0, 0.1) is 5.92 Å². The van der Waals surface area contributed by atoms with Gasteiger partial charge in [0.2, 0.25) is 0 Å². The van der Waals surface area contributed by atoms with E-state index in [4.69, 9.17) is 5.73 Å². The number of anilines is 1. The summed E-state index contributed by atoms with van der Waals surface area (Å²) in [6.45, 7) is 5.58. The summed E-state index contributed by atoms with van der Waals surface area (Å²) in [5, 5.41) is 0. The predicted octanol–water partition coefficient (Wildman–Crippen LogP) is 4.99. The summed E-state index contributed by atoms with van der Waals surface area (Å²) in [6, 6.07) is 2.86. The van der Waals surface area contributed by atoms with Gasteiger partial charge in [-0.25, -0.2) is 0 Å². The van der Waals surface area contributed by atoms with E-state index in [1.54, 1.807) is 13.8 Å². The zero-order chi connectivity index (χ0) is 18.8. The van der Waals surface area contributed by atoms with Crippen molar-refractivity contribution in [3.8, 4) is 0 Å². The van der Waals surface area contributed by atoms with E-state index in [2.05, 4.69) is 11.3 Å². The third kappa shape index (κ3) is 3.85. The molecule has 8 heteroatoms. The maximum Gasteiger partial charge on any atom is 0.430 e. The predicted molar refractivity (Wildman–Crippen MR) is 79.3 cm³/mol. The van der Waals surface area contributed by atoms with Crippen molar-refractivity contribution in [3.05, 3.63) is 42.0 Å². The fraction of sp³-hybridized carbons (Fsp3) is 0.500. The van der Waals surface area contributed by atoms with Crippen LogP contribution in [0.2, 0.25) is 0 Å². The Morgan fingerprint density at radius 1 is 1.12 bits per heavy atom. The number of hydrogen-bond donors (Lipinski definition) is 1. The molecule has 0 saturated heterocycles. The summed E-state index contributed by atoms with van der Waals surface area (Å²) in [7, 11) is 0. The normalized spacial score (nSPS) is 13.4. The lowest BCUT2D eigenvalue weighted by molar-refractivity contribution is -0.387. The molecule has 136 valence electrons. The summed E-state index contributed by atoms with van der Waals surface area (Å²) in [5.74, 6) is -0.177. The smallest absolute Gasteiger partial charge is 0.399 e. The van der Waals surface area contributed by atoms with Crippen molar-refractivity contribution < 1.29 is 31.1 Å². The molecule has 0 aliphatic carbocycles. The average Bonchev–Trinajstić information content (AvgIpc) is 2.37. The topological polar surface area (TPSA) is 35.2 Å². The summed E-state index contributed by atoms with van der Waals surface area (Å²) >= 11 is 0. The number of hydrogen-bond acceptors (Lipinski definition) is 2. The molecule has 0 aliphatic rings. The molecule has 1 aromatic carbocycles. The van der Waals surface area contributed by atoms with Gasteiger partial charge in [0, 0.05) is 11.3 Å². The summed E-state index contributed by atoms with van der Waals surface area (Å²) in [5.41, 5.74) is 0.0442. The van der Waals surface area contributed by atoms with E-state index in [0.29, 0.717) is 0 Å². The van der Waals surface area contributed by atoms with Crippen LogP contribution < -0.4 is 5.73 Å². The molecule has 1 aromatic rings. The van der Waals surface area contributed by atoms with Gasteiger partial charge < -0.3 is 10.5 Å². The first-order valence-corrected chi connectivity index (χ1v) is 7.14. The van der Waals surface area contributed by atoms with Gasteiger partial charge in [-0.15, -0.1) is 6.58 Å². The number of ether oxygens (including phenoxy) is 1. The van der Waals surface area contributed by atoms with E-state index in [1.807, 2.05) is 0 Å². The molecule has 0 atom stereocenters. The lowest BCUT2D eigenvalue weighted by Gasteiger charge is -2.38. The molecule has 0 saturated carbocycles. The van der Waals surface area contributed by atoms with E-state index >= 15 is 0 Å². The monoisotopic (exact) mass is 355 g/mol. The average molecular weight is 355 g/mol. The van der Waals surface area contributed by atoms with Crippen LogP contribution in [0.4, 0.5) is 32.0 Å². The Kier molecular flexibility index (Phi) is 5.97. The molecule has 24 heavy (non-hydrogen) atoms. The van der Waals surface area contributed by atoms with Gasteiger partial charge in [-0.05, 0) is 30.0 Å².